The van der Waals surface area contributed by atoms with Crippen molar-refractivity contribution in [2.75, 3.05) is 16.8 Å². The first-order valence-electron chi connectivity index (χ1n) is 9.31. The first-order chi connectivity index (χ1) is 14.5. The van der Waals surface area contributed by atoms with E-state index in [1.165, 1.54) is 4.90 Å². The molecule has 2 amide bonds. The van der Waals surface area contributed by atoms with Crippen molar-refractivity contribution in [1.29, 1.82) is 0 Å². The highest BCUT2D eigenvalue weighted by molar-refractivity contribution is 6.06. The number of nitrogens with zero attached hydrogens (tertiary/aromatic N) is 2. The fourth-order valence-corrected chi connectivity index (χ4v) is 3.50. The summed E-state index contributed by atoms with van der Waals surface area (Å²) in [5, 5.41) is 9.44. The Morgan fingerprint density at radius 1 is 1.10 bits per heavy atom. The van der Waals surface area contributed by atoms with Gasteiger partial charge >= 0.3 is 5.97 Å². The quantitative estimate of drug-likeness (QED) is 0.640. The van der Waals surface area contributed by atoms with E-state index in [4.69, 9.17) is 4.74 Å². The second-order valence-corrected chi connectivity index (χ2v) is 6.91. The van der Waals surface area contributed by atoms with E-state index in [0.29, 0.717) is 22.1 Å². The zero-order chi connectivity index (χ0) is 21.3. The molecule has 0 saturated carbocycles. The van der Waals surface area contributed by atoms with Crippen molar-refractivity contribution in [1.82, 2.24) is 10.2 Å². The zero-order valence-corrected chi connectivity index (χ0v) is 16.0. The number of H-pyrrole nitrogens is 1. The number of hydrogen-bond acceptors (Lipinski definition) is 6. The number of fused-ring (bicyclic) bond motifs is 2. The number of rotatable bonds is 3. The van der Waals surface area contributed by atoms with Crippen LogP contribution in [0.4, 0.5) is 11.4 Å². The van der Waals surface area contributed by atoms with Crippen molar-refractivity contribution in [3.05, 3.63) is 64.6 Å². The van der Waals surface area contributed by atoms with Gasteiger partial charge in [-0.05, 0) is 25.1 Å². The van der Waals surface area contributed by atoms with Crippen molar-refractivity contribution in [2.45, 2.75) is 19.4 Å². The molecule has 9 nitrogen and oxygen atoms in total. The summed E-state index contributed by atoms with van der Waals surface area (Å²) in [5.74, 6) is -1.51. The number of carbonyl (C=O) groups excluding carboxylic acids is 3. The molecule has 2 aromatic carbocycles. The van der Waals surface area contributed by atoms with E-state index in [2.05, 4.69) is 15.5 Å². The Morgan fingerprint density at radius 2 is 1.80 bits per heavy atom. The Bertz CT molecular complexity index is 1220. The number of aromatic nitrogens is 2. The molecule has 9 heteroatoms. The molecule has 0 bridgehead atoms. The number of ether oxygens (including phenoxy) is 1. The number of benzene rings is 2. The second-order valence-electron chi connectivity index (χ2n) is 6.91. The van der Waals surface area contributed by atoms with Crippen LogP contribution in [0.15, 0.2) is 53.3 Å². The first-order valence-corrected chi connectivity index (χ1v) is 9.31. The van der Waals surface area contributed by atoms with Gasteiger partial charge < -0.3 is 15.0 Å². The number of hydrogen-bond donors (Lipinski definition) is 2. The highest BCUT2D eigenvalue weighted by Gasteiger charge is 2.30. The fourth-order valence-electron chi connectivity index (χ4n) is 3.50. The van der Waals surface area contributed by atoms with Crippen molar-refractivity contribution < 1.29 is 19.1 Å². The highest BCUT2D eigenvalue weighted by Crippen LogP contribution is 2.31. The van der Waals surface area contributed by atoms with Crippen LogP contribution >= 0.6 is 0 Å². The normalized spacial score (nSPS) is 15.8. The molecule has 1 aliphatic heterocycles. The van der Waals surface area contributed by atoms with E-state index in [0.717, 1.165) is 0 Å². The molecule has 1 atom stereocenters. The summed E-state index contributed by atoms with van der Waals surface area (Å²) < 4.78 is 5.20. The van der Waals surface area contributed by atoms with Crippen molar-refractivity contribution >= 4 is 39.9 Å². The lowest BCUT2D eigenvalue weighted by Crippen LogP contribution is -2.41. The van der Waals surface area contributed by atoms with Gasteiger partial charge in [0.15, 0.2) is 12.3 Å². The second kappa shape index (κ2) is 7.78. The van der Waals surface area contributed by atoms with E-state index in [9.17, 15) is 19.2 Å². The Balaban J connectivity index is 1.57. The third kappa shape index (κ3) is 3.52. The number of esters is 1. The van der Waals surface area contributed by atoms with Gasteiger partial charge in [0.2, 0.25) is 5.91 Å². The lowest BCUT2D eigenvalue weighted by atomic mass is 10.1. The van der Waals surface area contributed by atoms with Gasteiger partial charge in [0, 0.05) is 17.8 Å². The average Bonchev–Trinajstić information content (AvgIpc) is 2.86. The van der Waals surface area contributed by atoms with Crippen LogP contribution in [0.3, 0.4) is 0 Å². The molecule has 2 heterocycles. The van der Waals surface area contributed by atoms with Crippen LogP contribution in [0, 0.1) is 0 Å². The topological polar surface area (TPSA) is 121 Å². The van der Waals surface area contributed by atoms with Gasteiger partial charge in [0.05, 0.1) is 16.8 Å². The smallest absolute Gasteiger partial charge is 0.359 e. The fraction of sp³-hybridized carbons (Fsp3) is 0.190. The molecule has 4 rings (SSSR count). The molecular formula is C21H18N4O5. The molecule has 0 saturated heterocycles. The van der Waals surface area contributed by atoms with Crippen LogP contribution in [0.2, 0.25) is 0 Å². The summed E-state index contributed by atoms with van der Waals surface area (Å²) in [7, 11) is 0. The van der Waals surface area contributed by atoms with Gasteiger partial charge in [-0.2, -0.15) is 5.10 Å². The van der Waals surface area contributed by atoms with Crippen molar-refractivity contribution in [2.24, 2.45) is 0 Å². The molecule has 3 aromatic rings. The number of anilines is 2. The summed E-state index contributed by atoms with van der Waals surface area (Å²) in [6.07, 6.45) is 0.112. The van der Waals surface area contributed by atoms with Crippen LogP contribution in [-0.4, -0.2) is 40.6 Å². The third-order valence-corrected chi connectivity index (χ3v) is 4.84. The monoisotopic (exact) mass is 406 g/mol. The maximum atomic E-state index is 12.9. The Morgan fingerprint density at radius 3 is 2.60 bits per heavy atom. The molecule has 1 aromatic heterocycles. The van der Waals surface area contributed by atoms with E-state index in [1.807, 2.05) is 0 Å². The van der Waals surface area contributed by atoms with Crippen molar-refractivity contribution in [3.63, 3.8) is 0 Å². The molecule has 0 fully saturated rings. The van der Waals surface area contributed by atoms with Crippen LogP contribution in [0.25, 0.3) is 10.8 Å². The molecule has 2 N–H and O–H groups in total. The lowest BCUT2D eigenvalue weighted by molar-refractivity contribution is -0.122. The summed E-state index contributed by atoms with van der Waals surface area (Å²) in [6, 6.07) is 13.0. The molecule has 1 unspecified atom stereocenters. The number of nitrogens with one attached hydrogen (secondary N) is 2. The first kappa shape index (κ1) is 19.3. The molecule has 30 heavy (non-hydrogen) atoms. The van der Waals surface area contributed by atoms with Crippen LogP contribution in [0.5, 0.6) is 0 Å². The molecular weight excluding hydrogens is 388 g/mol. The van der Waals surface area contributed by atoms with E-state index < -0.39 is 30.1 Å². The minimum absolute atomic E-state index is 0.0841. The minimum atomic E-state index is -0.833. The maximum absolute atomic E-state index is 12.9. The van der Waals surface area contributed by atoms with Gasteiger partial charge in [-0.15, -0.1) is 0 Å². The van der Waals surface area contributed by atoms with Gasteiger partial charge in [0.1, 0.15) is 0 Å². The Hall–Kier alpha value is -4.01. The highest BCUT2D eigenvalue weighted by atomic mass is 16.5. The largest absolute Gasteiger partial charge is 0.451 e. The lowest BCUT2D eigenvalue weighted by Gasteiger charge is -2.27. The van der Waals surface area contributed by atoms with Gasteiger partial charge in [-0.25, -0.2) is 9.89 Å². The SMILES string of the molecule is CC1CC(=O)Nc2ccccc2N1C(=O)COC(=O)c1n[nH]c(=O)c2ccccc12. The predicted molar refractivity (Wildman–Crippen MR) is 109 cm³/mol. The van der Waals surface area contributed by atoms with E-state index >= 15 is 0 Å². The summed E-state index contributed by atoms with van der Waals surface area (Å²) in [5.41, 5.74) is 0.536. The molecule has 0 spiro atoms. The molecule has 0 radical (unpaired) electrons. The van der Waals surface area contributed by atoms with E-state index in [1.54, 1.807) is 55.5 Å². The summed E-state index contributed by atoms with van der Waals surface area (Å²) in [4.78, 5) is 50.8. The van der Waals surface area contributed by atoms with Crippen LogP contribution in [-0.2, 0) is 14.3 Å². The Labute approximate surface area is 170 Å². The predicted octanol–water partition coefficient (Wildman–Crippen LogP) is 1.84. The standard InChI is InChI=1S/C21H18N4O5/c1-12-10-17(26)22-15-8-4-5-9-16(15)25(12)18(27)11-30-21(29)19-13-6-2-3-7-14(13)20(28)24-23-19/h2-9,12H,10-11H2,1H3,(H,22,26)(H,24,28). The number of amides is 2. The minimum Gasteiger partial charge on any atom is -0.451 e. The number of para-hydroxylation sites is 2. The molecule has 1 aliphatic rings. The molecule has 152 valence electrons. The number of aromatic amines is 1. The zero-order valence-electron chi connectivity index (χ0n) is 16.0. The van der Waals surface area contributed by atoms with Gasteiger partial charge in [0.25, 0.3) is 11.5 Å². The van der Waals surface area contributed by atoms with Crippen LogP contribution < -0.4 is 15.8 Å². The molecule has 0 aliphatic carbocycles. The average molecular weight is 406 g/mol. The summed E-state index contributed by atoms with van der Waals surface area (Å²) in [6.45, 7) is 1.21. The van der Waals surface area contributed by atoms with Crippen LogP contribution in [0.1, 0.15) is 23.8 Å². The Kier molecular flexibility index (Phi) is 5.01. The summed E-state index contributed by atoms with van der Waals surface area (Å²) >= 11 is 0. The van der Waals surface area contributed by atoms with E-state index in [-0.39, 0.29) is 18.0 Å². The third-order valence-electron chi connectivity index (χ3n) is 4.84. The maximum Gasteiger partial charge on any atom is 0.359 e. The van der Waals surface area contributed by atoms with Gasteiger partial charge in [-0.3, -0.25) is 14.4 Å². The number of carbonyl (C=O) groups is 3. The van der Waals surface area contributed by atoms with Gasteiger partial charge in [-0.1, -0.05) is 30.3 Å². The van der Waals surface area contributed by atoms with Crippen molar-refractivity contribution in [3.8, 4) is 0 Å².